The first-order valence-corrected chi connectivity index (χ1v) is 14.1. The second kappa shape index (κ2) is 11.5. The number of fused-ring (bicyclic) bond motifs is 2. The molecule has 0 spiro atoms. The van der Waals surface area contributed by atoms with Crippen molar-refractivity contribution in [2.24, 2.45) is 0 Å². The van der Waals surface area contributed by atoms with Gasteiger partial charge >= 0.3 is 6.18 Å². The van der Waals surface area contributed by atoms with E-state index >= 15 is 0 Å². The predicted octanol–water partition coefficient (Wildman–Crippen LogP) is 8.82. The van der Waals surface area contributed by atoms with Crippen LogP contribution in [0.3, 0.4) is 0 Å². The molecule has 0 atom stereocenters. The third kappa shape index (κ3) is 5.83. The molecule has 0 aliphatic carbocycles. The van der Waals surface area contributed by atoms with Gasteiger partial charge < -0.3 is 10.2 Å². The number of hydrogen-bond acceptors (Lipinski definition) is 4. The Labute approximate surface area is 246 Å². The van der Waals surface area contributed by atoms with Crippen LogP contribution in [0, 0.1) is 0 Å². The highest BCUT2D eigenvalue weighted by molar-refractivity contribution is 6.30. The number of anilines is 2. The summed E-state index contributed by atoms with van der Waals surface area (Å²) in [7, 11) is 0. The number of hydrogen-bond donors (Lipinski definition) is 1. The molecule has 1 aromatic heterocycles. The van der Waals surface area contributed by atoms with E-state index in [0.29, 0.717) is 43.0 Å². The fraction of sp³-hybridized carbons (Fsp3) is 0.176. The number of aryl methyl sites for hydroxylation is 1. The monoisotopic (exact) mass is 585 g/mol. The van der Waals surface area contributed by atoms with Gasteiger partial charge in [0.15, 0.2) is 5.78 Å². The minimum absolute atomic E-state index is 0.0297. The van der Waals surface area contributed by atoms with Crippen molar-refractivity contribution in [1.29, 1.82) is 0 Å². The van der Waals surface area contributed by atoms with Crippen LogP contribution in [0.15, 0.2) is 97.2 Å². The molecule has 42 heavy (non-hydrogen) atoms. The van der Waals surface area contributed by atoms with Crippen molar-refractivity contribution >= 4 is 39.7 Å². The van der Waals surface area contributed by atoms with Gasteiger partial charge in [0.05, 0.1) is 11.3 Å². The van der Waals surface area contributed by atoms with Gasteiger partial charge in [0.2, 0.25) is 0 Å². The van der Waals surface area contributed by atoms with Gasteiger partial charge in [-0.25, -0.2) is 4.98 Å². The van der Waals surface area contributed by atoms with E-state index in [2.05, 4.69) is 34.6 Å². The molecule has 0 saturated heterocycles. The summed E-state index contributed by atoms with van der Waals surface area (Å²) in [6.45, 7) is 1.07. The number of alkyl halides is 3. The van der Waals surface area contributed by atoms with Crippen molar-refractivity contribution < 1.29 is 18.0 Å². The van der Waals surface area contributed by atoms with Crippen molar-refractivity contribution in [3.63, 3.8) is 0 Å². The van der Waals surface area contributed by atoms with Crippen LogP contribution in [-0.2, 0) is 19.1 Å². The maximum atomic E-state index is 13.7. The molecule has 2 heterocycles. The van der Waals surface area contributed by atoms with Gasteiger partial charge in [-0.15, -0.1) is 0 Å². The second-order valence-corrected chi connectivity index (χ2v) is 10.8. The molecule has 0 bridgehead atoms. The Bertz CT molecular complexity index is 1780. The molecule has 0 fully saturated rings. The lowest BCUT2D eigenvalue weighted by atomic mass is 9.96. The van der Waals surface area contributed by atoms with E-state index < -0.39 is 11.7 Å². The van der Waals surface area contributed by atoms with E-state index in [1.54, 1.807) is 6.20 Å². The number of nitrogens with one attached hydrogen (secondary N) is 1. The normalized spacial score (nSPS) is 13.1. The maximum Gasteiger partial charge on any atom is 0.416 e. The molecular weight excluding hydrogens is 559 g/mol. The summed E-state index contributed by atoms with van der Waals surface area (Å²) < 4.78 is 41.2. The average molecular weight is 586 g/mol. The molecule has 0 amide bonds. The Balaban J connectivity index is 1.24. The van der Waals surface area contributed by atoms with Crippen LogP contribution < -0.4 is 10.2 Å². The minimum Gasteiger partial charge on any atom is -0.367 e. The smallest absolute Gasteiger partial charge is 0.367 e. The molecule has 5 aromatic rings. The van der Waals surface area contributed by atoms with Crippen LogP contribution in [0.1, 0.15) is 33.5 Å². The zero-order chi connectivity index (χ0) is 29.3. The number of benzene rings is 4. The van der Waals surface area contributed by atoms with Gasteiger partial charge in [0.25, 0.3) is 0 Å². The van der Waals surface area contributed by atoms with Gasteiger partial charge in [-0.2, -0.15) is 13.2 Å². The van der Waals surface area contributed by atoms with Crippen LogP contribution in [-0.4, -0.2) is 23.9 Å². The lowest BCUT2D eigenvalue weighted by Crippen LogP contribution is -2.34. The van der Waals surface area contributed by atoms with Crippen molar-refractivity contribution in [2.45, 2.75) is 25.6 Å². The SMILES string of the molecule is O=C(CCc1cccc2ccccc12)c1cccc(-c2cnc3c(c2)N(Cc2cc(Cl)ccc2C(F)(F)F)CCN3)c1. The number of pyridine rings is 1. The first-order valence-electron chi connectivity index (χ1n) is 13.7. The number of carbonyl (C=O) groups excluding carboxylic acids is 1. The number of nitrogens with zero attached hydrogens (tertiary/aromatic N) is 2. The van der Waals surface area contributed by atoms with Gasteiger partial charge in [-0.3, -0.25) is 4.79 Å². The highest BCUT2D eigenvalue weighted by atomic mass is 35.5. The van der Waals surface area contributed by atoms with Crippen molar-refractivity contribution in [3.8, 4) is 11.1 Å². The minimum atomic E-state index is -4.49. The Morgan fingerprint density at radius 2 is 1.71 bits per heavy atom. The molecule has 4 aromatic carbocycles. The third-order valence-electron chi connectivity index (χ3n) is 7.64. The number of rotatable bonds is 7. The summed E-state index contributed by atoms with van der Waals surface area (Å²) in [5, 5.41) is 5.79. The van der Waals surface area contributed by atoms with Crippen molar-refractivity contribution in [3.05, 3.63) is 124 Å². The summed E-state index contributed by atoms with van der Waals surface area (Å²) in [5.41, 5.74) is 3.42. The van der Waals surface area contributed by atoms with Crippen LogP contribution in [0.5, 0.6) is 0 Å². The Morgan fingerprint density at radius 1 is 0.905 bits per heavy atom. The van der Waals surface area contributed by atoms with E-state index in [4.69, 9.17) is 11.6 Å². The molecule has 1 aliphatic rings. The fourth-order valence-electron chi connectivity index (χ4n) is 5.53. The van der Waals surface area contributed by atoms with E-state index in [-0.39, 0.29) is 22.9 Å². The molecule has 4 nitrogen and oxygen atoms in total. The summed E-state index contributed by atoms with van der Waals surface area (Å²) >= 11 is 6.08. The summed E-state index contributed by atoms with van der Waals surface area (Å²) in [5.74, 6) is 0.641. The highest BCUT2D eigenvalue weighted by Gasteiger charge is 2.34. The Kier molecular flexibility index (Phi) is 7.60. The van der Waals surface area contributed by atoms with Crippen LogP contribution >= 0.6 is 11.6 Å². The number of Topliss-reactive ketones (excluding diaryl/α,β-unsaturated/α-hetero) is 1. The highest BCUT2D eigenvalue weighted by Crippen LogP contribution is 2.37. The van der Waals surface area contributed by atoms with Gasteiger partial charge in [-0.1, -0.05) is 72.3 Å². The van der Waals surface area contributed by atoms with Gasteiger partial charge in [0, 0.05) is 48.4 Å². The molecule has 1 N–H and O–H groups in total. The van der Waals surface area contributed by atoms with Crippen molar-refractivity contribution in [1.82, 2.24) is 4.98 Å². The molecule has 0 unspecified atom stereocenters. The van der Waals surface area contributed by atoms with Crippen LogP contribution in [0.4, 0.5) is 24.7 Å². The fourth-order valence-corrected chi connectivity index (χ4v) is 5.73. The molecular formula is C34H27ClF3N3O. The second-order valence-electron chi connectivity index (χ2n) is 10.4. The zero-order valence-electron chi connectivity index (χ0n) is 22.6. The van der Waals surface area contributed by atoms with E-state index in [0.717, 1.165) is 33.5 Å². The Morgan fingerprint density at radius 3 is 2.57 bits per heavy atom. The first kappa shape index (κ1) is 27.8. The van der Waals surface area contributed by atoms with Crippen LogP contribution in [0.2, 0.25) is 5.02 Å². The zero-order valence-corrected chi connectivity index (χ0v) is 23.3. The summed E-state index contributed by atoms with van der Waals surface area (Å²) in [6.07, 6.45) is -1.76. The number of halogens is 4. The average Bonchev–Trinajstić information content (AvgIpc) is 2.99. The number of aromatic nitrogens is 1. The molecule has 6 rings (SSSR count). The third-order valence-corrected chi connectivity index (χ3v) is 7.87. The Hall–Kier alpha value is -4.36. The summed E-state index contributed by atoms with van der Waals surface area (Å²) in [6, 6.07) is 27.3. The molecule has 212 valence electrons. The molecule has 1 aliphatic heterocycles. The van der Waals surface area contributed by atoms with E-state index in [1.807, 2.05) is 53.4 Å². The molecule has 8 heteroatoms. The first-order chi connectivity index (χ1) is 20.3. The lowest BCUT2D eigenvalue weighted by Gasteiger charge is -2.32. The van der Waals surface area contributed by atoms with E-state index in [1.165, 1.54) is 12.1 Å². The molecule has 0 saturated carbocycles. The quantitative estimate of drug-likeness (QED) is 0.194. The van der Waals surface area contributed by atoms with Gasteiger partial charge in [-0.05, 0) is 64.2 Å². The van der Waals surface area contributed by atoms with Crippen molar-refractivity contribution in [2.75, 3.05) is 23.3 Å². The van der Waals surface area contributed by atoms with Crippen LogP contribution in [0.25, 0.3) is 21.9 Å². The number of carbonyl (C=O) groups is 1. The van der Waals surface area contributed by atoms with Gasteiger partial charge in [0.1, 0.15) is 5.82 Å². The van der Waals surface area contributed by atoms with E-state index in [9.17, 15) is 18.0 Å². The molecule has 0 radical (unpaired) electrons. The summed E-state index contributed by atoms with van der Waals surface area (Å²) in [4.78, 5) is 19.7. The predicted molar refractivity (Wildman–Crippen MR) is 162 cm³/mol. The lowest BCUT2D eigenvalue weighted by molar-refractivity contribution is -0.138. The number of ketones is 1. The largest absolute Gasteiger partial charge is 0.416 e. The standard InChI is InChI=1S/C34H27ClF3N3O/c35-28-12-13-30(34(36,37)38)27(18-28)21-41-16-15-39-33-31(41)19-26(20-40-33)24-8-4-9-25(17-24)32(42)14-11-23-7-3-6-22-5-1-2-10-29(22)23/h1-10,12-13,17-20H,11,14-16,21H2,(H,39,40). The topological polar surface area (TPSA) is 45.2 Å². The maximum absolute atomic E-state index is 13.7.